The van der Waals surface area contributed by atoms with Crippen LogP contribution in [0.4, 0.5) is 5.69 Å². The summed E-state index contributed by atoms with van der Waals surface area (Å²) in [5, 5.41) is 12.8. The van der Waals surface area contributed by atoms with E-state index in [4.69, 9.17) is 10.8 Å². The molecule has 0 unspecified atom stereocenters. The Morgan fingerprint density at radius 2 is 2.35 bits per heavy atom. The summed E-state index contributed by atoms with van der Waals surface area (Å²) in [6.45, 7) is 0.776. The van der Waals surface area contributed by atoms with Gasteiger partial charge in [-0.05, 0) is 36.8 Å². The van der Waals surface area contributed by atoms with Gasteiger partial charge in [-0.2, -0.15) is 0 Å². The van der Waals surface area contributed by atoms with Crippen molar-refractivity contribution >= 4 is 33.1 Å². The Morgan fingerprint density at radius 1 is 1.55 bits per heavy atom. The van der Waals surface area contributed by atoms with Gasteiger partial charge in [0.2, 0.25) is 0 Å². The lowest BCUT2D eigenvalue weighted by Gasteiger charge is -2.14. The van der Waals surface area contributed by atoms with E-state index in [1.807, 2.05) is 12.1 Å². The molecule has 1 aliphatic carbocycles. The zero-order chi connectivity index (χ0) is 14.2. The third-order valence-corrected chi connectivity index (χ3v) is 5.06. The Balaban J connectivity index is 1.74. The first kappa shape index (κ1) is 13.3. The van der Waals surface area contributed by atoms with Gasteiger partial charge in [0.25, 0.3) is 5.91 Å². The van der Waals surface area contributed by atoms with Crippen molar-refractivity contribution in [2.24, 2.45) is 5.41 Å². The van der Waals surface area contributed by atoms with Crippen LogP contribution >= 0.6 is 11.3 Å². The molecule has 4 N–H and O–H groups in total. The summed E-state index contributed by atoms with van der Waals surface area (Å²) in [5.41, 5.74) is 6.63. The number of aliphatic hydroxyl groups excluding tert-OH is 1. The van der Waals surface area contributed by atoms with Gasteiger partial charge in [0, 0.05) is 24.7 Å². The number of hydrogen-bond donors (Lipinski definition) is 3. The number of carbonyl (C=O) groups excluding carboxylic acids is 1. The quantitative estimate of drug-likeness (QED) is 0.783. The van der Waals surface area contributed by atoms with Crippen LogP contribution < -0.4 is 11.1 Å². The summed E-state index contributed by atoms with van der Waals surface area (Å²) in [7, 11) is 0. The van der Waals surface area contributed by atoms with Crippen LogP contribution in [-0.4, -0.2) is 29.1 Å². The molecule has 2 aromatic rings. The van der Waals surface area contributed by atoms with E-state index in [1.54, 1.807) is 6.20 Å². The van der Waals surface area contributed by atoms with Crippen molar-refractivity contribution in [1.29, 1.82) is 0 Å². The minimum atomic E-state index is -0.144. The minimum Gasteiger partial charge on any atom is -0.397 e. The van der Waals surface area contributed by atoms with Gasteiger partial charge >= 0.3 is 0 Å². The molecule has 0 bridgehead atoms. The standard InChI is InChI=1S/C14H17N3O2S/c15-10-9-2-1-6-16-13(9)20-11(10)12(19)17-8-14(3-4-14)5-7-18/h1-2,6,18H,3-5,7-8,15H2,(H,17,19). The van der Waals surface area contributed by atoms with Crippen LogP contribution in [0, 0.1) is 5.41 Å². The average molecular weight is 291 g/mol. The van der Waals surface area contributed by atoms with E-state index in [0.29, 0.717) is 17.1 Å². The highest BCUT2D eigenvalue weighted by Crippen LogP contribution is 2.48. The van der Waals surface area contributed by atoms with Gasteiger partial charge in [-0.25, -0.2) is 4.98 Å². The number of nitrogen functional groups attached to an aromatic ring is 1. The van der Waals surface area contributed by atoms with Crippen LogP contribution in [0.5, 0.6) is 0 Å². The number of aliphatic hydroxyl groups is 1. The van der Waals surface area contributed by atoms with Crippen molar-refractivity contribution in [3.63, 3.8) is 0 Å². The van der Waals surface area contributed by atoms with Gasteiger partial charge in [-0.3, -0.25) is 4.79 Å². The maximum atomic E-state index is 12.2. The van der Waals surface area contributed by atoms with Crippen molar-refractivity contribution in [1.82, 2.24) is 10.3 Å². The zero-order valence-electron chi connectivity index (χ0n) is 11.1. The molecule has 0 spiro atoms. The van der Waals surface area contributed by atoms with Gasteiger partial charge in [0.15, 0.2) is 0 Å². The maximum Gasteiger partial charge on any atom is 0.263 e. The third kappa shape index (κ3) is 2.36. The molecule has 1 amide bonds. The number of aromatic nitrogens is 1. The summed E-state index contributed by atoms with van der Waals surface area (Å²) < 4.78 is 0. The summed E-state index contributed by atoms with van der Waals surface area (Å²) >= 11 is 1.32. The van der Waals surface area contributed by atoms with E-state index in [2.05, 4.69) is 10.3 Å². The van der Waals surface area contributed by atoms with Gasteiger partial charge in [0.05, 0.1) is 5.69 Å². The van der Waals surface area contributed by atoms with Crippen molar-refractivity contribution < 1.29 is 9.90 Å². The number of pyridine rings is 1. The number of amides is 1. The molecule has 1 saturated carbocycles. The van der Waals surface area contributed by atoms with Crippen LogP contribution in [-0.2, 0) is 0 Å². The van der Waals surface area contributed by atoms with Crippen LogP contribution in [0.1, 0.15) is 28.9 Å². The van der Waals surface area contributed by atoms with Crippen LogP contribution in [0.3, 0.4) is 0 Å². The van der Waals surface area contributed by atoms with Crippen molar-refractivity contribution in [3.05, 3.63) is 23.2 Å². The Labute approximate surface area is 120 Å². The molecule has 0 saturated heterocycles. The molecular formula is C14H17N3O2S. The van der Waals surface area contributed by atoms with Gasteiger partial charge < -0.3 is 16.2 Å². The normalized spacial score (nSPS) is 16.2. The van der Waals surface area contributed by atoms with E-state index in [1.165, 1.54) is 11.3 Å². The second-order valence-corrected chi connectivity index (χ2v) is 6.36. The fraction of sp³-hybridized carbons (Fsp3) is 0.429. The molecule has 106 valence electrons. The number of nitrogens with zero attached hydrogens (tertiary/aromatic N) is 1. The number of thiophene rings is 1. The Bertz CT molecular complexity index is 649. The van der Waals surface area contributed by atoms with Crippen molar-refractivity contribution in [2.45, 2.75) is 19.3 Å². The van der Waals surface area contributed by atoms with E-state index in [0.717, 1.165) is 29.5 Å². The molecule has 0 aromatic carbocycles. The lowest BCUT2D eigenvalue weighted by Crippen LogP contribution is -2.30. The highest BCUT2D eigenvalue weighted by atomic mass is 32.1. The predicted molar refractivity (Wildman–Crippen MR) is 79.7 cm³/mol. The van der Waals surface area contributed by atoms with Gasteiger partial charge in [-0.1, -0.05) is 0 Å². The zero-order valence-corrected chi connectivity index (χ0v) is 11.9. The van der Waals surface area contributed by atoms with Gasteiger partial charge in [-0.15, -0.1) is 11.3 Å². The lowest BCUT2D eigenvalue weighted by molar-refractivity contribution is 0.0945. The molecule has 0 aliphatic heterocycles. The molecule has 1 fully saturated rings. The Hall–Kier alpha value is -1.66. The first-order valence-electron chi connectivity index (χ1n) is 6.67. The Kier molecular flexibility index (Phi) is 3.35. The molecule has 2 aromatic heterocycles. The number of anilines is 1. The van der Waals surface area contributed by atoms with Crippen LogP contribution in [0.25, 0.3) is 10.2 Å². The van der Waals surface area contributed by atoms with Crippen LogP contribution in [0.2, 0.25) is 0 Å². The summed E-state index contributed by atoms with van der Waals surface area (Å²) in [4.78, 5) is 17.8. The molecule has 0 radical (unpaired) electrons. The Morgan fingerprint density at radius 3 is 3.00 bits per heavy atom. The number of carbonyl (C=O) groups is 1. The highest BCUT2D eigenvalue weighted by Gasteiger charge is 2.42. The highest BCUT2D eigenvalue weighted by molar-refractivity contribution is 7.21. The molecule has 6 heteroatoms. The number of nitrogens with two attached hydrogens (primary N) is 1. The van der Waals surface area contributed by atoms with E-state index < -0.39 is 0 Å². The topological polar surface area (TPSA) is 88.2 Å². The molecule has 20 heavy (non-hydrogen) atoms. The third-order valence-electron chi connectivity index (χ3n) is 3.93. The second kappa shape index (κ2) is 5.03. The molecule has 1 aliphatic rings. The number of nitrogens with one attached hydrogen (secondary N) is 1. The number of fused-ring (bicyclic) bond motifs is 1. The molecule has 2 heterocycles. The summed E-state index contributed by atoms with van der Waals surface area (Å²) in [5.74, 6) is -0.144. The van der Waals surface area contributed by atoms with E-state index in [-0.39, 0.29) is 17.9 Å². The van der Waals surface area contributed by atoms with Crippen molar-refractivity contribution in [3.8, 4) is 0 Å². The molecule has 0 atom stereocenters. The summed E-state index contributed by atoms with van der Waals surface area (Å²) in [6, 6.07) is 3.69. The first-order chi connectivity index (χ1) is 9.65. The first-order valence-corrected chi connectivity index (χ1v) is 7.49. The monoisotopic (exact) mass is 291 g/mol. The van der Waals surface area contributed by atoms with Crippen LogP contribution in [0.15, 0.2) is 18.3 Å². The summed E-state index contributed by atoms with van der Waals surface area (Å²) in [6.07, 6.45) is 4.58. The molecular weight excluding hydrogens is 274 g/mol. The van der Waals surface area contributed by atoms with E-state index >= 15 is 0 Å². The predicted octanol–water partition coefficient (Wildman–Crippen LogP) is 1.77. The number of hydrogen-bond acceptors (Lipinski definition) is 5. The lowest BCUT2D eigenvalue weighted by atomic mass is 10.0. The van der Waals surface area contributed by atoms with Gasteiger partial charge in [0.1, 0.15) is 9.71 Å². The number of rotatable bonds is 5. The SMILES string of the molecule is Nc1c(C(=O)NCC2(CCO)CC2)sc2ncccc12. The molecule has 3 rings (SSSR count). The average Bonchev–Trinajstić information content (AvgIpc) is 3.14. The maximum absolute atomic E-state index is 12.2. The fourth-order valence-electron chi connectivity index (χ4n) is 2.40. The largest absolute Gasteiger partial charge is 0.397 e. The smallest absolute Gasteiger partial charge is 0.263 e. The fourth-order valence-corrected chi connectivity index (χ4v) is 3.38. The minimum absolute atomic E-state index is 0.105. The van der Waals surface area contributed by atoms with E-state index in [9.17, 15) is 4.79 Å². The second-order valence-electron chi connectivity index (χ2n) is 5.36. The van der Waals surface area contributed by atoms with Crippen molar-refractivity contribution in [2.75, 3.05) is 18.9 Å². The molecule has 5 nitrogen and oxygen atoms in total.